The number of nitrogens with one attached hydrogen (secondary N) is 5. The Balaban J connectivity index is 6.17. The summed E-state index contributed by atoms with van der Waals surface area (Å²) in [5, 5.41) is 58.0. The number of carboxylic acids is 3. The van der Waals surface area contributed by atoms with Crippen molar-refractivity contribution in [3.8, 4) is 0 Å². The summed E-state index contributed by atoms with van der Waals surface area (Å²) >= 11 is 0. The van der Waals surface area contributed by atoms with Crippen LogP contribution in [0.5, 0.6) is 0 Å². The van der Waals surface area contributed by atoms with Crippen molar-refractivity contribution < 1.29 is 68.7 Å². The Kier molecular flexibility index (Phi) is 21.1. The van der Waals surface area contributed by atoms with E-state index in [1.807, 2.05) is 0 Å². The fourth-order valence-corrected chi connectivity index (χ4v) is 4.21. The van der Waals surface area contributed by atoms with Crippen molar-refractivity contribution in [2.45, 2.75) is 107 Å². The Bertz CT molecular complexity index is 1220. The molecule has 22 heteroatoms. The molecule has 284 valence electrons. The van der Waals surface area contributed by atoms with Gasteiger partial charge in [0.1, 0.15) is 36.3 Å². The minimum Gasteiger partial charge on any atom is -0.481 e. The lowest BCUT2D eigenvalue weighted by atomic mass is 10.0. The monoisotopic (exact) mass is 720 g/mol. The van der Waals surface area contributed by atoms with Crippen LogP contribution in [-0.2, 0) is 43.2 Å². The van der Waals surface area contributed by atoms with Crippen molar-refractivity contribution in [1.82, 2.24) is 26.6 Å². The molecule has 0 aromatic carbocycles. The van der Waals surface area contributed by atoms with Crippen LogP contribution < -0.4 is 43.8 Å². The number of amides is 6. The quantitative estimate of drug-likeness (QED) is 0.0370. The van der Waals surface area contributed by atoms with Crippen LogP contribution in [0.2, 0.25) is 0 Å². The van der Waals surface area contributed by atoms with E-state index >= 15 is 0 Å². The van der Waals surface area contributed by atoms with Crippen molar-refractivity contribution in [1.29, 1.82) is 0 Å². The van der Waals surface area contributed by atoms with Gasteiger partial charge in [0.25, 0.3) is 0 Å². The van der Waals surface area contributed by atoms with Gasteiger partial charge in [-0.1, -0.05) is 0 Å². The van der Waals surface area contributed by atoms with Gasteiger partial charge >= 0.3 is 17.9 Å². The largest absolute Gasteiger partial charge is 0.481 e. The van der Waals surface area contributed by atoms with Gasteiger partial charge in [0.2, 0.25) is 35.4 Å². The van der Waals surface area contributed by atoms with Crippen molar-refractivity contribution >= 4 is 53.4 Å². The Morgan fingerprint density at radius 3 is 1.42 bits per heavy atom. The van der Waals surface area contributed by atoms with Crippen molar-refractivity contribution in [3.05, 3.63) is 0 Å². The fraction of sp³-hybridized carbons (Fsp3) is 0.679. The molecule has 0 rings (SSSR count). The Labute approximate surface area is 286 Å². The number of aliphatic hydroxyl groups is 2. The fourth-order valence-electron chi connectivity index (χ4n) is 4.21. The van der Waals surface area contributed by atoms with E-state index in [-0.39, 0.29) is 13.0 Å². The highest BCUT2D eigenvalue weighted by atomic mass is 16.4. The van der Waals surface area contributed by atoms with Gasteiger partial charge in [-0.15, -0.1) is 0 Å². The summed E-state index contributed by atoms with van der Waals surface area (Å²) in [6.45, 7) is 0.505. The highest BCUT2D eigenvalue weighted by Crippen LogP contribution is 2.08. The van der Waals surface area contributed by atoms with Gasteiger partial charge in [-0.05, 0) is 52.0 Å². The SMILES string of the molecule is C[C@@H](O)[C@H](NC(=O)[C@H](CCC(=O)O)NC(=O)[C@@H](N)CO)C(=O)N[C@@H](CCC(N)=O)C(=O)N[C@@H](CCC(=O)O)C(=O)N[C@@H](CCCCN)C(=O)O. The van der Waals surface area contributed by atoms with Gasteiger partial charge in [0.05, 0.1) is 12.7 Å². The summed E-state index contributed by atoms with van der Waals surface area (Å²) in [6.07, 6.45) is -4.25. The van der Waals surface area contributed by atoms with Crippen LogP contribution >= 0.6 is 0 Å². The molecule has 0 aliphatic carbocycles. The Morgan fingerprint density at radius 1 is 0.600 bits per heavy atom. The Morgan fingerprint density at radius 2 is 1.02 bits per heavy atom. The zero-order valence-corrected chi connectivity index (χ0v) is 27.5. The first-order valence-electron chi connectivity index (χ1n) is 15.6. The second kappa shape index (κ2) is 23.4. The maximum Gasteiger partial charge on any atom is 0.326 e. The number of primary amides is 1. The number of nitrogens with two attached hydrogens (primary N) is 3. The number of carbonyl (C=O) groups excluding carboxylic acids is 6. The standard InChI is InChI=1S/C28H48N8O14/c1-13(38)22(36-26(47)17(7-10-21(42)43)32-23(44)14(30)12-37)27(48)34-15(5-8-19(31)39)24(45)33-16(6-9-20(40)41)25(46)35-18(28(49)50)4-2-3-11-29/h13-18,22,37-38H,2-12,29-30H2,1H3,(H2,31,39)(H,32,44)(H,33,45)(H,34,48)(H,35,46)(H,36,47)(H,40,41)(H,42,43)(H,49,50)/t13-,14+,15+,16+,17+,18+,22+/m1/s1. The molecular weight excluding hydrogens is 672 g/mol. The molecule has 0 bridgehead atoms. The minimum atomic E-state index is -1.86. The molecule has 0 aliphatic rings. The lowest BCUT2D eigenvalue weighted by Gasteiger charge is -2.28. The molecule has 22 nitrogen and oxygen atoms in total. The average molecular weight is 721 g/mol. The van der Waals surface area contributed by atoms with E-state index in [1.54, 1.807) is 0 Å². The van der Waals surface area contributed by atoms with E-state index < -0.39 is 141 Å². The summed E-state index contributed by atoms with van der Waals surface area (Å²) in [4.78, 5) is 110. The number of carbonyl (C=O) groups is 9. The first-order valence-corrected chi connectivity index (χ1v) is 15.6. The molecule has 0 saturated heterocycles. The zero-order chi connectivity index (χ0) is 38.6. The number of aliphatic carboxylic acids is 3. The van der Waals surface area contributed by atoms with Crippen molar-refractivity contribution in [2.24, 2.45) is 17.2 Å². The predicted octanol–water partition coefficient (Wildman–Crippen LogP) is -5.68. The van der Waals surface area contributed by atoms with E-state index in [0.29, 0.717) is 12.8 Å². The molecular formula is C28H48N8O14. The van der Waals surface area contributed by atoms with E-state index in [1.165, 1.54) is 0 Å². The van der Waals surface area contributed by atoms with Crippen LogP contribution in [0.4, 0.5) is 0 Å². The number of hydrogen-bond acceptors (Lipinski definition) is 13. The molecule has 0 aliphatic heterocycles. The van der Waals surface area contributed by atoms with Crippen molar-refractivity contribution in [2.75, 3.05) is 13.2 Å². The lowest BCUT2D eigenvalue weighted by Crippen LogP contribution is -2.61. The Hall–Kier alpha value is -4.93. The summed E-state index contributed by atoms with van der Waals surface area (Å²) in [6, 6.07) is -9.71. The average Bonchev–Trinajstić information content (AvgIpc) is 3.03. The molecule has 0 radical (unpaired) electrons. The third-order valence-electron chi connectivity index (χ3n) is 7.03. The number of aliphatic hydroxyl groups excluding tert-OH is 2. The molecule has 50 heavy (non-hydrogen) atoms. The second-order valence-electron chi connectivity index (χ2n) is 11.3. The minimum absolute atomic E-state index is 0.0311. The summed E-state index contributed by atoms with van der Waals surface area (Å²) < 4.78 is 0. The van der Waals surface area contributed by atoms with Gasteiger partial charge in [-0.2, -0.15) is 0 Å². The molecule has 7 atom stereocenters. The van der Waals surface area contributed by atoms with Crippen molar-refractivity contribution in [3.63, 3.8) is 0 Å². The highest BCUT2D eigenvalue weighted by Gasteiger charge is 2.34. The van der Waals surface area contributed by atoms with Gasteiger partial charge in [0, 0.05) is 19.3 Å². The topological polar surface area (TPSA) is 393 Å². The highest BCUT2D eigenvalue weighted by molar-refractivity contribution is 5.97. The molecule has 0 aromatic heterocycles. The van der Waals surface area contributed by atoms with E-state index in [4.69, 9.17) is 32.5 Å². The number of unbranched alkanes of at least 4 members (excludes halogenated alkanes) is 1. The normalized spacial score (nSPS) is 15.1. The smallest absolute Gasteiger partial charge is 0.326 e. The van der Waals surface area contributed by atoms with E-state index in [9.17, 15) is 53.4 Å². The zero-order valence-electron chi connectivity index (χ0n) is 27.5. The van der Waals surface area contributed by atoms with Crippen LogP contribution in [0.25, 0.3) is 0 Å². The molecule has 0 spiro atoms. The molecule has 6 amide bonds. The molecule has 0 unspecified atom stereocenters. The third-order valence-corrected chi connectivity index (χ3v) is 7.03. The summed E-state index contributed by atoms with van der Waals surface area (Å²) in [5.74, 6) is -10.7. The number of carboxylic acid groups (broad SMARTS) is 3. The maximum absolute atomic E-state index is 13.3. The van der Waals surface area contributed by atoms with Crippen LogP contribution in [-0.4, -0.2) is 134 Å². The summed E-state index contributed by atoms with van der Waals surface area (Å²) in [7, 11) is 0. The number of hydrogen-bond donors (Lipinski definition) is 13. The van der Waals surface area contributed by atoms with Gasteiger partial charge in [-0.3, -0.25) is 38.4 Å². The van der Waals surface area contributed by atoms with Crippen LogP contribution in [0.3, 0.4) is 0 Å². The van der Waals surface area contributed by atoms with Gasteiger partial charge < -0.3 is 69.3 Å². The first-order chi connectivity index (χ1) is 23.3. The third kappa shape index (κ3) is 18.0. The predicted molar refractivity (Wildman–Crippen MR) is 169 cm³/mol. The maximum atomic E-state index is 13.3. The van der Waals surface area contributed by atoms with Crippen LogP contribution in [0, 0.1) is 0 Å². The lowest BCUT2D eigenvalue weighted by molar-refractivity contribution is -0.143. The molecule has 0 saturated carbocycles. The van der Waals surface area contributed by atoms with Crippen LogP contribution in [0.1, 0.15) is 64.7 Å². The van der Waals surface area contributed by atoms with Gasteiger partial charge in [-0.25, -0.2) is 4.79 Å². The summed E-state index contributed by atoms with van der Waals surface area (Å²) in [5.41, 5.74) is 16.0. The van der Waals surface area contributed by atoms with Crippen LogP contribution in [0.15, 0.2) is 0 Å². The molecule has 0 heterocycles. The van der Waals surface area contributed by atoms with E-state index in [0.717, 1.165) is 6.92 Å². The second-order valence-corrected chi connectivity index (χ2v) is 11.3. The molecule has 0 fully saturated rings. The number of rotatable bonds is 26. The first kappa shape index (κ1) is 45.1. The molecule has 16 N–H and O–H groups in total. The molecule has 0 aromatic rings. The van der Waals surface area contributed by atoms with E-state index in [2.05, 4.69) is 26.6 Å². The van der Waals surface area contributed by atoms with Gasteiger partial charge in [0.15, 0.2) is 0 Å².